The van der Waals surface area contributed by atoms with Gasteiger partial charge >= 0.3 is 0 Å². The van der Waals surface area contributed by atoms with E-state index in [-0.39, 0.29) is 24.0 Å². The van der Waals surface area contributed by atoms with Gasteiger partial charge in [0.1, 0.15) is 5.75 Å². The highest BCUT2D eigenvalue weighted by Gasteiger charge is 2.75. The molecule has 174 valence electrons. The number of aryl methyl sites for hydroxylation is 2. The van der Waals surface area contributed by atoms with Crippen molar-refractivity contribution in [2.24, 2.45) is 17.8 Å². The summed E-state index contributed by atoms with van der Waals surface area (Å²) >= 11 is 14.2. The third-order valence-electron chi connectivity index (χ3n) is 8.08. The van der Waals surface area contributed by atoms with Gasteiger partial charge < -0.3 is 5.11 Å². The second kappa shape index (κ2) is 6.83. The van der Waals surface area contributed by atoms with Gasteiger partial charge in [0, 0.05) is 20.0 Å². The number of benzene rings is 1. The molecule has 0 bridgehead atoms. The maximum absolute atomic E-state index is 13.5. The molecule has 9 heteroatoms. The summed E-state index contributed by atoms with van der Waals surface area (Å²) in [5.74, 6) is -4.10. The number of amides is 4. The van der Waals surface area contributed by atoms with Crippen LogP contribution in [0.5, 0.6) is 5.75 Å². The first-order valence-electron chi connectivity index (χ1n) is 10.9. The number of fused-ring (bicyclic) bond motifs is 4. The van der Waals surface area contributed by atoms with Crippen molar-refractivity contribution in [3.8, 4) is 5.75 Å². The van der Waals surface area contributed by atoms with Crippen LogP contribution in [0.1, 0.15) is 35.4 Å². The van der Waals surface area contributed by atoms with Crippen LogP contribution in [-0.4, -0.2) is 62.4 Å². The molecule has 33 heavy (non-hydrogen) atoms. The highest BCUT2D eigenvalue weighted by molar-refractivity contribution is 6.53. The summed E-state index contributed by atoms with van der Waals surface area (Å²) in [5.41, 5.74) is 2.58. The van der Waals surface area contributed by atoms with Gasteiger partial charge in [0.15, 0.2) is 9.75 Å². The van der Waals surface area contributed by atoms with Crippen LogP contribution in [0.15, 0.2) is 23.8 Å². The lowest BCUT2D eigenvalue weighted by Gasteiger charge is -2.51. The van der Waals surface area contributed by atoms with Crippen LogP contribution in [0, 0.1) is 31.6 Å². The van der Waals surface area contributed by atoms with Gasteiger partial charge in [0.2, 0.25) is 11.8 Å². The van der Waals surface area contributed by atoms with E-state index in [0.29, 0.717) is 23.1 Å². The lowest BCUT2D eigenvalue weighted by Crippen LogP contribution is -2.60. The quantitative estimate of drug-likeness (QED) is 0.370. The summed E-state index contributed by atoms with van der Waals surface area (Å²) in [6.07, 6.45) is 2.23. The summed E-state index contributed by atoms with van der Waals surface area (Å²) in [5, 5.41) is 10.3. The van der Waals surface area contributed by atoms with E-state index in [0.717, 1.165) is 15.4 Å². The first kappa shape index (κ1) is 22.4. The van der Waals surface area contributed by atoms with E-state index in [1.54, 1.807) is 26.0 Å². The molecule has 1 saturated carbocycles. The average molecular weight is 491 g/mol. The number of phenols is 1. The van der Waals surface area contributed by atoms with Crippen LogP contribution in [-0.2, 0) is 19.2 Å². The van der Waals surface area contributed by atoms with E-state index in [2.05, 4.69) is 0 Å². The summed E-state index contributed by atoms with van der Waals surface area (Å²) in [6.45, 7) is 3.49. The average Bonchev–Trinajstić information content (AvgIpc) is 3.06. The van der Waals surface area contributed by atoms with E-state index in [4.69, 9.17) is 23.2 Å². The summed E-state index contributed by atoms with van der Waals surface area (Å²) in [6, 6.07) is 3.49. The second-order valence-electron chi connectivity index (χ2n) is 9.74. The zero-order chi connectivity index (χ0) is 24.2. The SMILES string of the molecule is Cc1cc(C2C3=CCC4C(=O)N(C)C(=O)C4C3CC3(Cl)C(=O)N(C)C(=O)C23Cl)cc(C)c1O. The predicted octanol–water partition coefficient (Wildman–Crippen LogP) is 2.63. The minimum Gasteiger partial charge on any atom is -0.507 e. The van der Waals surface area contributed by atoms with E-state index < -0.39 is 45.2 Å². The van der Waals surface area contributed by atoms with Gasteiger partial charge in [0.25, 0.3) is 11.8 Å². The third-order valence-corrected chi connectivity index (χ3v) is 9.49. The van der Waals surface area contributed by atoms with Gasteiger partial charge in [-0.25, -0.2) is 0 Å². The van der Waals surface area contributed by atoms with Gasteiger partial charge in [-0.05, 0) is 49.3 Å². The van der Waals surface area contributed by atoms with Gasteiger partial charge in [0.05, 0.1) is 11.8 Å². The van der Waals surface area contributed by atoms with Crippen LogP contribution >= 0.6 is 23.2 Å². The topological polar surface area (TPSA) is 95.0 Å². The van der Waals surface area contributed by atoms with E-state index in [9.17, 15) is 24.3 Å². The van der Waals surface area contributed by atoms with Gasteiger partial charge in [-0.15, -0.1) is 23.2 Å². The Balaban J connectivity index is 1.78. The van der Waals surface area contributed by atoms with Gasteiger partial charge in [-0.2, -0.15) is 0 Å². The summed E-state index contributed by atoms with van der Waals surface area (Å²) in [7, 11) is 2.83. The predicted molar refractivity (Wildman–Crippen MR) is 121 cm³/mol. The van der Waals surface area contributed by atoms with Crippen molar-refractivity contribution < 1.29 is 24.3 Å². The number of phenolic OH excluding ortho intramolecular Hbond substituents is 1. The largest absolute Gasteiger partial charge is 0.507 e. The molecule has 0 radical (unpaired) electrons. The normalized spacial score (nSPS) is 37.8. The molecule has 5 rings (SSSR count). The molecule has 2 saturated heterocycles. The third kappa shape index (κ3) is 2.52. The molecule has 4 aliphatic rings. The standard InChI is InChI=1S/C24H24Cl2N2O5/c1-10-7-12(8-11(2)18(10)29)17-13-5-6-14-16(20(31)27(3)19(14)30)15(13)9-23(25)21(32)28(4)22(33)24(17,23)26/h5,7-8,14-17,29H,6,9H2,1-4H3. The Morgan fingerprint density at radius 1 is 0.939 bits per heavy atom. The Morgan fingerprint density at radius 2 is 1.55 bits per heavy atom. The summed E-state index contributed by atoms with van der Waals surface area (Å²) < 4.78 is 0. The van der Waals surface area contributed by atoms with E-state index in [1.807, 2.05) is 6.08 Å². The van der Waals surface area contributed by atoms with Crippen molar-refractivity contribution in [3.05, 3.63) is 40.5 Å². The number of aromatic hydroxyl groups is 1. The Kier molecular flexibility index (Phi) is 4.64. The molecule has 6 atom stereocenters. The zero-order valence-corrected chi connectivity index (χ0v) is 20.2. The van der Waals surface area contributed by atoms with Crippen molar-refractivity contribution in [3.63, 3.8) is 0 Å². The molecule has 3 fully saturated rings. The molecule has 7 nitrogen and oxygen atoms in total. The van der Waals surface area contributed by atoms with Crippen LogP contribution in [0.2, 0.25) is 0 Å². The van der Waals surface area contributed by atoms with Gasteiger partial charge in [-0.1, -0.05) is 23.8 Å². The molecule has 2 heterocycles. The van der Waals surface area contributed by atoms with Crippen molar-refractivity contribution >= 4 is 46.8 Å². The molecule has 1 N–H and O–H groups in total. The maximum atomic E-state index is 13.5. The first-order valence-corrected chi connectivity index (χ1v) is 11.6. The first-order chi connectivity index (χ1) is 15.4. The minimum absolute atomic E-state index is 0.0145. The number of allylic oxidation sites excluding steroid dienone is 2. The summed E-state index contributed by atoms with van der Waals surface area (Å²) in [4.78, 5) is 51.1. The number of halogens is 2. The fraction of sp³-hybridized carbons (Fsp3) is 0.500. The highest BCUT2D eigenvalue weighted by Crippen LogP contribution is 2.65. The molecule has 2 aliphatic carbocycles. The number of hydrogen-bond acceptors (Lipinski definition) is 5. The minimum atomic E-state index is -1.80. The van der Waals surface area contributed by atoms with Crippen LogP contribution < -0.4 is 0 Å². The number of hydrogen-bond donors (Lipinski definition) is 1. The smallest absolute Gasteiger partial charge is 0.253 e. The Hall–Kier alpha value is -2.38. The molecule has 4 amide bonds. The lowest BCUT2D eigenvalue weighted by atomic mass is 9.56. The van der Waals surface area contributed by atoms with E-state index >= 15 is 0 Å². The monoisotopic (exact) mass is 490 g/mol. The number of imide groups is 2. The van der Waals surface area contributed by atoms with Crippen LogP contribution in [0.25, 0.3) is 0 Å². The number of carbonyl (C=O) groups is 4. The molecule has 0 spiro atoms. The highest BCUT2D eigenvalue weighted by atomic mass is 35.5. The number of alkyl halides is 2. The van der Waals surface area contributed by atoms with Crippen LogP contribution in [0.3, 0.4) is 0 Å². The van der Waals surface area contributed by atoms with Crippen molar-refractivity contribution in [2.45, 2.75) is 42.4 Å². The lowest BCUT2D eigenvalue weighted by molar-refractivity contribution is -0.140. The fourth-order valence-corrected chi connectivity index (χ4v) is 7.45. The molecule has 1 aromatic carbocycles. The van der Waals surface area contributed by atoms with E-state index in [1.165, 1.54) is 14.1 Å². The Labute approximate surface area is 201 Å². The fourth-order valence-electron chi connectivity index (χ4n) is 6.43. The number of likely N-dealkylation sites (tertiary alicyclic amines) is 2. The number of rotatable bonds is 1. The Bertz CT molecular complexity index is 1170. The van der Waals surface area contributed by atoms with Crippen LogP contribution in [0.4, 0.5) is 0 Å². The second-order valence-corrected chi connectivity index (χ2v) is 11.0. The maximum Gasteiger partial charge on any atom is 0.253 e. The van der Waals surface area contributed by atoms with Crippen molar-refractivity contribution in [1.82, 2.24) is 9.80 Å². The number of nitrogens with zero attached hydrogens (tertiary/aromatic N) is 2. The van der Waals surface area contributed by atoms with Crippen molar-refractivity contribution in [2.75, 3.05) is 14.1 Å². The molecule has 6 unspecified atom stereocenters. The Morgan fingerprint density at radius 3 is 2.15 bits per heavy atom. The zero-order valence-electron chi connectivity index (χ0n) is 18.7. The molecule has 0 aromatic heterocycles. The van der Waals surface area contributed by atoms with Crippen molar-refractivity contribution in [1.29, 1.82) is 0 Å². The molecular weight excluding hydrogens is 467 g/mol. The molecule has 2 aliphatic heterocycles. The number of carbonyl (C=O) groups excluding carboxylic acids is 4. The molecule has 1 aromatic rings. The molecular formula is C24H24Cl2N2O5. The van der Waals surface area contributed by atoms with Gasteiger partial charge in [-0.3, -0.25) is 29.0 Å².